The highest BCUT2D eigenvalue weighted by atomic mass is 32.2. The van der Waals surface area contributed by atoms with Gasteiger partial charge in [0, 0.05) is 11.5 Å². The van der Waals surface area contributed by atoms with Crippen molar-refractivity contribution in [3.63, 3.8) is 0 Å². The van der Waals surface area contributed by atoms with E-state index in [1.807, 2.05) is 43.3 Å². The second-order valence-corrected chi connectivity index (χ2v) is 9.61. The molecule has 0 aliphatic carbocycles. The molecule has 0 fully saturated rings. The smallest absolute Gasteiger partial charge is 0.308 e. The third-order valence-corrected chi connectivity index (χ3v) is 6.92. The van der Waals surface area contributed by atoms with Gasteiger partial charge in [0.15, 0.2) is 0 Å². The fourth-order valence-electron chi connectivity index (χ4n) is 3.95. The van der Waals surface area contributed by atoms with Crippen LogP contribution in [0.25, 0.3) is 27.7 Å². The lowest BCUT2D eigenvalue weighted by Gasteiger charge is -2.16. The van der Waals surface area contributed by atoms with Gasteiger partial charge >= 0.3 is 6.01 Å². The van der Waals surface area contributed by atoms with E-state index in [9.17, 15) is 13.2 Å². The number of nitrogens with zero attached hydrogens (tertiary/aromatic N) is 2. The molecular weight excluding hydrogens is 466 g/mol. The minimum atomic E-state index is -3.93. The molecule has 0 aliphatic rings. The zero-order valence-corrected chi connectivity index (χ0v) is 19.7. The molecule has 2 aromatic heterocycles. The minimum absolute atomic E-state index is 0.00941. The van der Waals surface area contributed by atoms with Crippen molar-refractivity contribution in [3.8, 4) is 22.6 Å². The number of nitrogens with one attached hydrogen (secondary N) is 1. The Hall–Kier alpha value is -4.37. The fourth-order valence-corrected chi connectivity index (χ4v) is 4.93. The summed E-state index contributed by atoms with van der Waals surface area (Å²) in [7, 11) is -2.38. The maximum Gasteiger partial charge on any atom is 0.308 e. The molecule has 0 saturated heterocycles. The van der Waals surface area contributed by atoms with E-state index < -0.39 is 10.0 Å². The number of hydrogen-bond donors (Lipinski definition) is 1. The van der Waals surface area contributed by atoms with Gasteiger partial charge in [-0.25, -0.2) is 18.1 Å². The van der Waals surface area contributed by atoms with Gasteiger partial charge < -0.3 is 9.15 Å². The summed E-state index contributed by atoms with van der Waals surface area (Å²) in [5.74, 6) is 0.515. The molecule has 5 aromatic rings. The zero-order chi connectivity index (χ0) is 24.6. The molecule has 5 rings (SSSR count). The fraction of sp³-hybridized carbons (Fsp3) is 0.0769. The lowest BCUT2D eigenvalue weighted by atomic mass is 10.0. The summed E-state index contributed by atoms with van der Waals surface area (Å²) in [5.41, 5.74) is 3.94. The van der Waals surface area contributed by atoms with Crippen LogP contribution in [0.2, 0.25) is 0 Å². The second-order valence-electron chi connectivity index (χ2n) is 7.93. The summed E-state index contributed by atoms with van der Waals surface area (Å²) in [6.07, 6.45) is 2.61. The summed E-state index contributed by atoms with van der Waals surface area (Å²) in [5, 5.41) is 0.560. The van der Waals surface area contributed by atoms with E-state index in [0.717, 1.165) is 16.7 Å². The first-order chi connectivity index (χ1) is 16.9. The summed E-state index contributed by atoms with van der Waals surface area (Å²) >= 11 is 0. The van der Waals surface area contributed by atoms with Gasteiger partial charge in [-0.1, -0.05) is 35.9 Å². The van der Waals surface area contributed by atoms with Gasteiger partial charge in [-0.2, -0.15) is 0 Å². The largest absolute Gasteiger partial charge is 0.495 e. The number of ether oxygens (including phenoxy) is 1. The average Bonchev–Trinajstić information content (AvgIpc) is 3.36. The van der Waals surface area contributed by atoms with Gasteiger partial charge in [-0.3, -0.25) is 9.36 Å². The molecular formula is C26H21N3O5S. The van der Waals surface area contributed by atoms with Crippen LogP contribution < -0.4 is 15.0 Å². The van der Waals surface area contributed by atoms with Crippen LogP contribution in [0.3, 0.4) is 0 Å². The highest BCUT2D eigenvalue weighted by Crippen LogP contribution is 2.31. The maximum absolute atomic E-state index is 13.0. The molecule has 35 heavy (non-hydrogen) atoms. The first-order valence-corrected chi connectivity index (χ1v) is 12.2. The minimum Gasteiger partial charge on any atom is -0.495 e. The predicted octanol–water partition coefficient (Wildman–Crippen LogP) is 4.76. The normalized spacial score (nSPS) is 11.5. The molecule has 0 radical (unpaired) electrons. The number of rotatable bonds is 6. The van der Waals surface area contributed by atoms with Crippen LogP contribution in [-0.4, -0.2) is 25.1 Å². The Morgan fingerprint density at radius 3 is 2.54 bits per heavy atom. The molecule has 0 spiro atoms. The Bertz CT molecular complexity index is 1710. The van der Waals surface area contributed by atoms with Crippen LogP contribution in [-0.2, 0) is 10.0 Å². The first kappa shape index (κ1) is 22.4. The number of methoxy groups -OCH3 is 1. The molecule has 0 bridgehead atoms. The molecule has 0 atom stereocenters. The predicted molar refractivity (Wildman–Crippen MR) is 134 cm³/mol. The number of anilines is 1. The molecule has 9 heteroatoms. The number of benzene rings is 3. The van der Waals surface area contributed by atoms with Gasteiger partial charge in [0.05, 0.1) is 29.4 Å². The molecule has 0 amide bonds. The Labute approximate surface area is 201 Å². The van der Waals surface area contributed by atoms with Crippen molar-refractivity contribution in [2.24, 2.45) is 0 Å². The van der Waals surface area contributed by atoms with Crippen molar-refractivity contribution < 1.29 is 17.6 Å². The zero-order valence-electron chi connectivity index (χ0n) is 18.9. The third kappa shape index (κ3) is 4.29. The molecule has 3 aromatic carbocycles. The summed E-state index contributed by atoms with van der Waals surface area (Å²) in [6, 6.07) is 21.1. The van der Waals surface area contributed by atoms with E-state index in [0.29, 0.717) is 22.3 Å². The van der Waals surface area contributed by atoms with Crippen LogP contribution in [0.1, 0.15) is 5.56 Å². The Morgan fingerprint density at radius 1 is 0.971 bits per heavy atom. The Balaban J connectivity index is 1.61. The van der Waals surface area contributed by atoms with Crippen molar-refractivity contribution in [1.29, 1.82) is 0 Å². The highest BCUT2D eigenvalue weighted by molar-refractivity contribution is 7.92. The van der Waals surface area contributed by atoms with E-state index in [4.69, 9.17) is 9.15 Å². The van der Waals surface area contributed by atoms with E-state index in [-0.39, 0.29) is 16.5 Å². The number of oxazole rings is 1. The average molecular weight is 488 g/mol. The van der Waals surface area contributed by atoms with E-state index in [1.165, 1.54) is 35.2 Å². The Kier molecular flexibility index (Phi) is 5.62. The SMILES string of the molecule is COc1cc(-c2cccc(C)c2)ccc1-n1c(=O)ccc2cc(S(=O)(=O)Nc3ncco3)ccc21. The van der Waals surface area contributed by atoms with Crippen molar-refractivity contribution in [2.75, 3.05) is 11.8 Å². The van der Waals surface area contributed by atoms with Crippen molar-refractivity contribution in [1.82, 2.24) is 9.55 Å². The van der Waals surface area contributed by atoms with Gasteiger partial charge in [-0.05, 0) is 54.4 Å². The highest BCUT2D eigenvalue weighted by Gasteiger charge is 2.19. The summed E-state index contributed by atoms with van der Waals surface area (Å²) in [6.45, 7) is 2.03. The molecule has 1 N–H and O–H groups in total. The molecule has 0 unspecified atom stereocenters. The van der Waals surface area contributed by atoms with Gasteiger partial charge in [0.2, 0.25) is 0 Å². The number of aryl methyl sites for hydroxylation is 1. The Morgan fingerprint density at radius 2 is 1.80 bits per heavy atom. The van der Waals surface area contributed by atoms with Crippen LogP contribution in [0, 0.1) is 6.92 Å². The monoisotopic (exact) mass is 487 g/mol. The van der Waals surface area contributed by atoms with Crippen LogP contribution in [0.15, 0.2) is 99.4 Å². The number of sulfonamides is 1. The molecule has 8 nitrogen and oxygen atoms in total. The third-order valence-electron chi connectivity index (χ3n) is 5.60. The summed E-state index contributed by atoms with van der Waals surface area (Å²) < 4.78 is 40.0. The van der Waals surface area contributed by atoms with Gasteiger partial charge in [0.1, 0.15) is 12.0 Å². The lowest BCUT2D eigenvalue weighted by molar-refractivity contribution is 0.413. The van der Waals surface area contributed by atoms with E-state index >= 15 is 0 Å². The molecule has 0 saturated carbocycles. The first-order valence-electron chi connectivity index (χ1n) is 10.7. The van der Waals surface area contributed by atoms with Crippen LogP contribution in [0.5, 0.6) is 5.75 Å². The quantitative estimate of drug-likeness (QED) is 0.370. The number of fused-ring (bicyclic) bond motifs is 1. The van der Waals surface area contributed by atoms with E-state index in [1.54, 1.807) is 19.2 Å². The standard InChI is InChI=1S/C26H21N3O5S/c1-17-4-3-5-18(14-17)19-6-9-23(24(16-19)33-2)29-22-10-8-21(15-20(22)7-11-25(29)30)35(31,32)28-26-27-12-13-34-26/h3-16H,1-2H3,(H,27,28). The molecule has 0 aliphatic heterocycles. The molecule has 2 heterocycles. The van der Waals surface area contributed by atoms with Crippen molar-refractivity contribution in [3.05, 3.63) is 101 Å². The lowest BCUT2D eigenvalue weighted by Crippen LogP contribution is -2.18. The topological polar surface area (TPSA) is 103 Å². The van der Waals surface area contributed by atoms with Crippen molar-refractivity contribution in [2.45, 2.75) is 11.8 Å². The second kappa shape index (κ2) is 8.77. The van der Waals surface area contributed by atoms with Crippen LogP contribution >= 0.6 is 0 Å². The van der Waals surface area contributed by atoms with Crippen molar-refractivity contribution >= 4 is 26.9 Å². The maximum atomic E-state index is 13.0. The van der Waals surface area contributed by atoms with Crippen LogP contribution in [0.4, 0.5) is 6.01 Å². The molecule has 176 valence electrons. The number of pyridine rings is 1. The van der Waals surface area contributed by atoms with Gasteiger partial charge in [-0.15, -0.1) is 0 Å². The van der Waals surface area contributed by atoms with E-state index in [2.05, 4.69) is 15.8 Å². The summed E-state index contributed by atoms with van der Waals surface area (Å²) in [4.78, 5) is 16.8. The number of aromatic nitrogens is 2. The van der Waals surface area contributed by atoms with Gasteiger partial charge in [0.25, 0.3) is 15.6 Å². The number of hydrogen-bond acceptors (Lipinski definition) is 6.